The summed E-state index contributed by atoms with van der Waals surface area (Å²) in [7, 11) is 1.73. The Bertz CT molecular complexity index is 57.7. The van der Waals surface area contributed by atoms with E-state index in [9.17, 15) is 0 Å². The molecule has 0 saturated carbocycles. The fraction of sp³-hybridized carbons (Fsp3) is 0.778. The molecule has 0 saturated heterocycles. The Kier molecular flexibility index (Phi) is 26.0. The van der Waals surface area contributed by atoms with Crippen molar-refractivity contribution < 1.29 is 4.74 Å². The van der Waals surface area contributed by atoms with Gasteiger partial charge in [-0.25, -0.2) is 0 Å². The molecule has 0 aromatic rings. The molecule has 64 valence electrons. The van der Waals surface area contributed by atoms with Gasteiger partial charge in [-0.2, -0.15) is 0 Å². The van der Waals surface area contributed by atoms with Crippen molar-refractivity contribution in [2.24, 2.45) is 0 Å². The van der Waals surface area contributed by atoms with Crippen LogP contribution >= 0.6 is 0 Å². The van der Waals surface area contributed by atoms with E-state index in [4.69, 9.17) is 4.74 Å². The van der Waals surface area contributed by atoms with E-state index in [1.54, 1.807) is 7.11 Å². The lowest BCUT2D eigenvalue weighted by Gasteiger charge is -1.91. The fourth-order valence-corrected chi connectivity index (χ4v) is 0.512. The molecule has 0 aliphatic rings. The molecule has 0 N–H and O–H groups in total. The lowest BCUT2D eigenvalue weighted by Crippen LogP contribution is -1.85. The molecule has 0 unspecified atom stereocenters. The molecule has 0 aromatic carbocycles. The van der Waals surface area contributed by atoms with Crippen molar-refractivity contribution in [1.29, 1.82) is 0 Å². The molecule has 0 atom stereocenters. The lowest BCUT2D eigenvalue weighted by atomic mass is 10.3. The Morgan fingerprint density at radius 3 is 2.30 bits per heavy atom. The highest BCUT2D eigenvalue weighted by molar-refractivity contribution is 4.75. The summed E-state index contributed by atoms with van der Waals surface area (Å²) in [5.74, 6) is 0. The first-order chi connectivity index (χ1) is 3.91. The molecule has 0 aromatic heterocycles. The number of methoxy groups -OCH3 is 1. The summed E-state index contributed by atoms with van der Waals surface area (Å²) in [5.41, 5.74) is 0. The van der Waals surface area contributed by atoms with E-state index in [0.717, 1.165) is 19.4 Å². The van der Waals surface area contributed by atoms with Gasteiger partial charge in [0.25, 0.3) is 0 Å². The van der Waals surface area contributed by atoms with Crippen LogP contribution in [0, 0.1) is 0 Å². The Morgan fingerprint density at radius 1 is 1.30 bits per heavy atom. The summed E-state index contributed by atoms with van der Waals surface area (Å²) in [6, 6.07) is 0. The van der Waals surface area contributed by atoms with Gasteiger partial charge in [0.2, 0.25) is 0 Å². The van der Waals surface area contributed by atoms with Gasteiger partial charge < -0.3 is 4.74 Å². The predicted molar refractivity (Wildman–Crippen MR) is 49.4 cm³/mol. The van der Waals surface area contributed by atoms with Gasteiger partial charge in [0, 0.05) is 13.7 Å². The van der Waals surface area contributed by atoms with Crippen LogP contribution in [0.15, 0.2) is 12.2 Å². The lowest BCUT2D eigenvalue weighted by molar-refractivity contribution is 0.196. The van der Waals surface area contributed by atoms with Gasteiger partial charge in [0.1, 0.15) is 0 Å². The van der Waals surface area contributed by atoms with E-state index in [1.807, 2.05) is 6.92 Å². The number of rotatable bonds is 4. The van der Waals surface area contributed by atoms with Crippen LogP contribution in [0.1, 0.15) is 34.6 Å². The zero-order valence-corrected chi connectivity index (χ0v) is 5.68. The highest BCUT2D eigenvalue weighted by Crippen LogP contribution is 1.89. The van der Waals surface area contributed by atoms with Crippen LogP contribution in [0.4, 0.5) is 0 Å². The number of unbranched alkanes of at least 4 members (excludes halogenated alkanes) is 1. The third-order valence-electron chi connectivity index (χ3n) is 0.955. The molecule has 0 heterocycles. The zero-order valence-electron chi connectivity index (χ0n) is 5.68. The van der Waals surface area contributed by atoms with Gasteiger partial charge in [-0.15, -0.1) is 0 Å². The second kappa shape index (κ2) is 15.9. The molecule has 1 nitrogen and oxygen atoms in total. The minimum atomic E-state index is 0. The molecule has 0 aliphatic heterocycles. The largest absolute Gasteiger partial charge is 0.385 e. The van der Waals surface area contributed by atoms with Crippen LogP contribution in [0.2, 0.25) is 0 Å². The first-order valence-corrected chi connectivity index (χ1v) is 3.02. The Balaban J connectivity index is -0.000000245. The van der Waals surface area contributed by atoms with Crippen molar-refractivity contribution in [3.63, 3.8) is 0 Å². The van der Waals surface area contributed by atoms with Crippen molar-refractivity contribution in [1.82, 2.24) is 0 Å². The van der Waals surface area contributed by atoms with E-state index in [0.29, 0.717) is 0 Å². The number of ether oxygens (including phenoxy) is 1. The van der Waals surface area contributed by atoms with Crippen LogP contribution in [-0.4, -0.2) is 13.7 Å². The molecule has 0 amide bonds. The summed E-state index contributed by atoms with van der Waals surface area (Å²) in [6.45, 7) is 2.91. The van der Waals surface area contributed by atoms with Crippen LogP contribution < -0.4 is 0 Å². The first kappa shape index (κ1) is 16.4. The molecule has 0 rings (SSSR count). The normalized spacial score (nSPS) is 8.60. The van der Waals surface area contributed by atoms with Crippen molar-refractivity contribution >= 4 is 0 Å². The molecule has 10 heavy (non-hydrogen) atoms. The molecular weight excluding hydrogens is 124 g/mol. The standard InChI is InChI=1S/C7H14O.2CH4/c1-3-4-5-6-7-8-2;;/h3-4H,5-7H2,1-2H3;2*1H4. The maximum Gasteiger partial charge on any atom is 0.0465 e. The summed E-state index contributed by atoms with van der Waals surface area (Å²) in [5, 5.41) is 0. The summed E-state index contributed by atoms with van der Waals surface area (Å²) < 4.78 is 4.85. The van der Waals surface area contributed by atoms with Crippen molar-refractivity contribution in [3.8, 4) is 0 Å². The summed E-state index contributed by atoms with van der Waals surface area (Å²) in [6.07, 6.45) is 6.50. The molecule has 0 bridgehead atoms. The number of allylic oxidation sites excluding steroid dienone is 2. The van der Waals surface area contributed by atoms with Gasteiger partial charge in [0.05, 0.1) is 0 Å². The highest BCUT2D eigenvalue weighted by Gasteiger charge is 1.78. The van der Waals surface area contributed by atoms with Crippen molar-refractivity contribution in [2.75, 3.05) is 13.7 Å². The molecule has 0 aliphatic carbocycles. The maximum atomic E-state index is 4.85. The van der Waals surface area contributed by atoms with Gasteiger partial charge in [-0.05, 0) is 19.8 Å². The van der Waals surface area contributed by atoms with E-state index >= 15 is 0 Å². The Morgan fingerprint density at radius 2 is 1.90 bits per heavy atom. The molecule has 0 spiro atoms. The average molecular weight is 146 g/mol. The predicted octanol–water partition coefficient (Wildman–Crippen LogP) is 3.26. The maximum absolute atomic E-state index is 4.85. The third kappa shape index (κ3) is 15.6. The molecular formula is C9H22O. The van der Waals surface area contributed by atoms with Crippen molar-refractivity contribution in [2.45, 2.75) is 34.6 Å². The topological polar surface area (TPSA) is 9.23 Å². The van der Waals surface area contributed by atoms with Crippen LogP contribution in [0.5, 0.6) is 0 Å². The summed E-state index contributed by atoms with van der Waals surface area (Å²) in [4.78, 5) is 0. The van der Waals surface area contributed by atoms with E-state index < -0.39 is 0 Å². The number of hydrogen-bond acceptors (Lipinski definition) is 1. The molecule has 0 fully saturated rings. The quantitative estimate of drug-likeness (QED) is 0.437. The Labute approximate surface area is 66.1 Å². The molecule has 0 radical (unpaired) electrons. The second-order valence-corrected chi connectivity index (χ2v) is 1.70. The van der Waals surface area contributed by atoms with Crippen LogP contribution in [-0.2, 0) is 4.74 Å². The van der Waals surface area contributed by atoms with E-state index in [1.165, 1.54) is 0 Å². The zero-order chi connectivity index (χ0) is 6.24. The van der Waals surface area contributed by atoms with Gasteiger partial charge >= 0.3 is 0 Å². The van der Waals surface area contributed by atoms with Crippen molar-refractivity contribution in [3.05, 3.63) is 12.2 Å². The summed E-state index contributed by atoms with van der Waals surface area (Å²) >= 11 is 0. The minimum Gasteiger partial charge on any atom is -0.385 e. The number of hydrogen-bond donors (Lipinski definition) is 0. The van der Waals surface area contributed by atoms with Gasteiger partial charge in [-0.3, -0.25) is 0 Å². The van der Waals surface area contributed by atoms with E-state index in [2.05, 4.69) is 12.2 Å². The average Bonchev–Trinajstić information content (AvgIpc) is 1.81. The monoisotopic (exact) mass is 146 g/mol. The SMILES string of the molecule is C.C.CC=CCCCOC. The van der Waals surface area contributed by atoms with Gasteiger partial charge in [-0.1, -0.05) is 27.0 Å². The van der Waals surface area contributed by atoms with Crippen LogP contribution in [0.3, 0.4) is 0 Å². The smallest absolute Gasteiger partial charge is 0.0465 e. The Hall–Kier alpha value is -0.300. The van der Waals surface area contributed by atoms with Gasteiger partial charge in [0.15, 0.2) is 0 Å². The fourth-order valence-electron chi connectivity index (χ4n) is 0.512. The second-order valence-electron chi connectivity index (χ2n) is 1.70. The first-order valence-electron chi connectivity index (χ1n) is 3.02. The highest BCUT2D eigenvalue weighted by atomic mass is 16.5. The molecule has 1 heteroatoms. The van der Waals surface area contributed by atoms with Crippen LogP contribution in [0.25, 0.3) is 0 Å². The third-order valence-corrected chi connectivity index (χ3v) is 0.955. The van der Waals surface area contributed by atoms with E-state index in [-0.39, 0.29) is 14.9 Å². The minimum absolute atomic E-state index is 0.